The molecule has 1 aromatic heterocycles. The highest BCUT2D eigenvalue weighted by atomic mass is 16.5. The molecular formula is C14H21N3O. The van der Waals surface area contributed by atoms with Gasteiger partial charge in [0.05, 0.1) is 17.1 Å². The lowest BCUT2D eigenvalue weighted by molar-refractivity contribution is 0.186. The lowest BCUT2D eigenvalue weighted by Crippen LogP contribution is -2.18. The topological polar surface area (TPSA) is 53.1 Å². The second-order valence-corrected chi connectivity index (χ2v) is 4.59. The molecule has 1 unspecified atom stereocenters. The maximum atomic E-state index is 6.20. The van der Waals surface area contributed by atoms with Crippen LogP contribution in [0.4, 0.5) is 0 Å². The van der Waals surface area contributed by atoms with Gasteiger partial charge in [-0.3, -0.25) is 0 Å². The van der Waals surface area contributed by atoms with E-state index >= 15 is 0 Å². The first-order valence-corrected chi connectivity index (χ1v) is 6.38. The summed E-state index contributed by atoms with van der Waals surface area (Å²) in [5.74, 6) is 0.954. The monoisotopic (exact) mass is 247 g/mol. The van der Waals surface area contributed by atoms with Crippen molar-refractivity contribution >= 4 is 11.0 Å². The minimum atomic E-state index is -0.0717. The number of nitrogens with two attached hydrogens (primary N) is 1. The smallest absolute Gasteiger partial charge is 0.126 e. The molecule has 0 radical (unpaired) electrons. The minimum Gasteiger partial charge on any atom is -0.385 e. The van der Waals surface area contributed by atoms with E-state index in [0.29, 0.717) is 6.61 Å². The van der Waals surface area contributed by atoms with Crippen LogP contribution in [0.5, 0.6) is 0 Å². The Kier molecular flexibility index (Phi) is 3.99. The molecule has 0 bridgehead atoms. The third kappa shape index (κ3) is 2.40. The van der Waals surface area contributed by atoms with Crippen molar-refractivity contribution in [2.45, 2.75) is 32.9 Å². The highest BCUT2D eigenvalue weighted by Crippen LogP contribution is 2.22. The summed E-state index contributed by atoms with van der Waals surface area (Å²) < 4.78 is 7.27. The van der Waals surface area contributed by atoms with E-state index in [4.69, 9.17) is 10.5 Å². The number of imidazole rings is 1. The average molecular weight is 247 g/mol. The van der Waals surface area contributed by atoms with Gasteiger partial charge in [0, 0.05) is 20.3 Å². The zero-order valence-corrected chi connectivity index (χ0v) is 11.3. The summed E-state index contributed by atoms with van der Waals surface area (Å²) in [5, 5.41) is 0. The Balaban J connectivity index is 2.43. The third-order valence-corrected chi connectivity index (χ3v) is 3.21. The molecule has 1 atom stereocenters. The van der Waals surface area contributed by atoms with Crippen LogP contribution in [0, 0.1) is 6.92 Å². The Morgan fingerprint density at radius 2 is 2.22 bits per heavy atom. The molecule has 1 aromatic carbocycles. The van der Waals surface area contributed by atoms with Gasteiger partial charge >= 0.3 is 0 Å². The molecule has 0 spiro atoms. The third-order valence-electron chi connectivity index (χ3n) is 3.21. The van der Waals surface area contributed by atoms with Gasteiger partial charge in [0.2, 0.25) is 0 Å². The van der Waals surface area contributed by atoms with Crippen LogP contribution in [0.15, 0.2) is 18.2 Å². The number of nitrogens with zero attached hydrogens (tertiary/aromatic N) is 2. The number of rotatable bonds is 5. The van der Waals surface area contributed by atoms with E-state index < -0.39 is 0 Å². The fourth-order valence-electron chi connectivity index (χ4n) is 2.25. The minimum absolute atomic E-state index is 0.0717. The molecule has 0 aliphatic heterocycles. The Hall–Kier alpha value is -1.39. The van der Waals surface area contributed by atoms with E-state index in [9.17, 15) is 0 Å². The molecule has 0 amide bonds. The second kappa shape index (κ2) is 5.50. The first-order valence-electron chi connectivity index (χ1n) is 6.38. The van der Waals surface area contributed by atoms with Crippen molar-refractivity contribution in [3.8, 4) is 0 Å². The first-order chi connectivity index (χ1) is 8.67. The van der Waals surface area contributed by atoms with Gasteiger partial charge < -0.3 is 15.0 Å². The van der Waals surface area contributed by atoms with Crippen molar-refractivity contribution in [3.05, 3.63) is 29.6 Å². The van der Waals surface area contributed by atoms with Crippen molar-refractivity contribution in [2.75, 3.05) is 13.7 Å². The van der Waals surface area contributed by atoms with Crippen LogP contribution in [0.1, 0.15) is 30.8 Å². The molecule has 0 saturated carbocycles. The summed E-state index contributed by atoms with van der Waals surface area (Å²) >= 11 is 0. The van der Waals surface area contributed by atoms with Gasteiger partial charge in [-0.15, -0.1) is 0 Å². The number of fused-ring (bicyclic) bond motifs is 1. The lowest BCUT2D eigenvalue weighted by atomic mass is 10.2. The van der Waals surface area contributed by atoms with Crippen LogP contribution < -0.4 is 5.73 Å². The molecule has 1 heterocycles. The van der Waals surface area contributed by atoms with Gasteiger partial charge in [-0.1, -0.05) is 6.07 Å². The molecule has 2 rings (SSSR count). The van der Waals surface area contributed by atoms with Crippen LogP contribution in [-0.2, 0) is 11.3 Å². The number of ether oxygens (including phenoxy) is 1. The van der Waals surface area contributed by atoms with Crippen LogP contribution in [0.25, 0.3) is 11.0 Å². The van der Waals surface area contributed by atoms with E-state index in [1.807, 2.05) is 0 Å². The van der Waals surface area contributed by atoms with Gasteiger partial charge in [-0.25, -0.2) is 4.98 Å². The molecule has 4 nitrogen and oxygen atoms in total. The maximum Gasteiger partial charge on any atom is 0.126 e. The molecule has 18 heavy (non-hydrogen) atoms. The number of aryl methyl sites for hydroxylation is 2. The van der Waals surface area contributed by atoms with Gasteiger partial charge in [0.1, 0.15) is 5.82 Å². The van der Waals surface area contributed by atoms with Gasteiger partial charge in [-0.05, 0) is 38.0 Å². The normalized spacial score (nSPS) is 13.1. The fourth-order valence-corrected chi connectivity index (χ4v) is 2.25. The van der Waals surface area contributed by atoms with E-state index in [2.05, 4.69) is 41.6 Å². The molecule has 2 aromatic rings. The first kappa shape index (κ1) is 13.1. The summed E-state index contributed by atoms with van der Waals surface area (Å²) in [7, 11) is 1.69. The molecule has 2 N–H and O–H groups in total. The van der Waals surface area contributed by atoms with Crippen molar-refractivity contribution in [3.63, 3.8) is 0 Å². The number of hydrogen-bond acceptors (Lipinski definition) is 3. The predicted molar refractivity (Wildman–Crippen MR) is 73.6 cm³/mol. The summed E-state index contributed by atoms with van der Waals surface area (Å²) in [6.07, 6.45) is 0.790. The van der Waals surface area contributed by atoms with Crippen molar-refractivity contribution < 1.29 is 4.74 Å². The summed E-state index contributed by atoms with van der Waals surface area (Å²) in [5.41, 5.74) is 9.60. The SMILES string of the molecule is CCn1c(C(N)CCOC)nc2cc(C)ccc21. The van der Waals surface area contributed by atoms with Gasteiger partial charge in [-0.2, -0.15) is 0 Å². The van der Waals surface area contributed by atoms with Crippen LogP contribution in [0.2, 0.25) is 0 Å². The Labute approximate surface area is 108 Å². The summed E-state index contributed by atoms with van der Waals surface area (Å²) in [6, 6.07) is 6.26. The molecule has 4 heteroatoms. The largest absolute Gasteiger partial charge is 0.385 e. The zero-order valence-electron chi connectivity index (χ0n) is 11.3. The average Bonchev–Trinajstić information content (AvgIpc) is 2.73. The number of hydrogen-bond donors (Lipinski definition) is 1. The number of methoxy groups -OCH3 is 1. The van der Waals surface area contributed by atoms with E-state index in [1.54, 1.807) is 7.11 Å². The van der Waals surface area contributed by atoms with Crippen molar-refractivity contribution in [2.24, 2.45) is 5.73 Å². The van der Waals surface area contributed by atoms with Gasteiger partial charge in [0.15, 0.2) is 0 Å². The highest BCUT2D eigenvalue weighted by molar-refractivity contribution is 5.77. The molecule has 0 fully saturated rings. The van der Waals surface area contributed by atoms with E-state index in [-0.39, 0.29) is 6.04 Å². The molecular weight excluding hydrogens is 226 g/mol. The van der Waals surface area contributed by atoms with Crippen LogP contribution in [0.3, 0.4) is 0 Å². The molecule has 0 aliphatic carbocycles. The highest BCUT2D eigenvalue weighted by Gasteiger charge is 2.15. The summed E-state index contributed by atoms with van der Waals surface area (Å²) in [6.45, 7) is 5.74. The standard InChI is InChI=1S/C14H21N3O/c1-4-17-13-6-5-10(2)9-12(13)16-14(17)11(15)7-8-18-3/h5-6,9,11H,4,7-8,15H2,1-3H3. The number of benzene rings is 1. The maximum absolute atomic E-state index is 6.20. The molecule has 98 valence electrons. The van der Waals surface area contributed by atoms with Crippen molar-refractivity contribution in [1.82, 2.24) is 9.55 Å². The van der Waals surface area contributed by atoms with Gasteiger partial charge in [0.25, 0.3) is 0 Å². The zero-order chi connectivity index (χ0) is 13.1. The van der Waals surface area contributed by atoms with Crippen LogP contribution in [-0.4, -0.2) is 23.3 Å². The van der Waals surface area contributed by atoms with E-state index in [1.165, 1.54) is 5.56 Å². The Morgan fingerprint density at radius 1 is 1.44 bits per heavy atom. The second-order valence-electron chi connectivity index (χ2n) is 4.59. The Morgan fingerprint density at radius 3 is 2.89 bits per heavy atom. The Bertz CT molecular complexity index is 533. The fraction of sp³-hybridized carbons (Fsp3) is 0.500. The van der Waals surface area contributed by atoms with Crippen molar-refractivity contribution in [1.29, 1.82) is 0 Å². The lowest BCUT2D eigenvalue weighted by Gasteiger charge is -2.12. The van der Waals surface area contributed by atoms with Crippen LogP contribution >= 0.6 is 0 Å². The molecule has 0 aliphatic rings. The quantitative estimate of drug-likeness (QED) is 0.882. The van der Waals surface area contributed by atoms with E-state index in [0.717, 1.165) is 29.8 Å². The molecule has 0 saturated heterocycles. The predicted octanol–water partition coefficient (Wildman–Crippen LogP) is 2.40. The summed E-state index contributed by atoms with van der Waals surface area (Å²) in [4.78, 5) is 4.68. The number of aromatic nitrogens is 2.